The molecule has 0 unspecified atom stereocenters. The summed E-state index contributed by atoms with van der Waals surface area (Å²) in [5, 5.41) is 10.3. The lowest BCUT2D eigenvalue weighted by atomic mass is 9.79. The van der Waals surface area contributed by atoms with E-state index in [-0.39, 0.29) is 12.5 Å². The van der Waals surface area contributed by atoms with Gasteiger partial charge in [0.15, 0.2) is 11.5 Å². The Kier molecular flexibility index (Phi) is 6.15. The van der Waals surface area contributed by atoms with E-state index in [9.17, 15) is 23.1 Å². The lowest BCUT2D eigenvalue weighted by Gasteiger charge is -2.41. The van der Waals surface area contributed by atoms with Crippen molar-refractivity contribution in [2.75, 3.05) is 24.4 Å². The second-order valence-corrected chi connectivity index (χ2v) is 10.5. The smallest absolute Gasteiger partial charge is 0.313 e. The number of ether oxygens (including phenoxy) is 2. The maximum Gasteiger partial charge on any atom is 0.313 e. The molecule has 5 rings (SSSR count). The predicted molar refractivity (Wildman–Crippen MR) is 132 cm³/mol. The van der Waals surface area contributed by atoms with Crippen LogP contribution >= 0.6 is 0 Å². The summed E-state index contributed by atoms with van der Waals surface area (Å²) < 4.78 is 36.7. The molecule has 0 radical (unpaired) electrons. The van der Waals surface area contributed by atoms with Crippen LogP contribution in [0, 0.1) is 0 Å². The van der Waals surface area contributed by atoms with Crippen molar-refractivity contribution in [1.29, 1.82) is 0 Å². The summed E-state index contributed by atoms with van der Waals surface area (Å²) in [5.41, 5.74) is 2.54. The topological polar surface area (TPSA) is 122 Å². The number of benzene rings is 3. The van der Waals surface area contributed by atoms with Crippen LogP contribution in [0.4, 0.5) is 5.69 Å². The minimum atomic E-state index is -3.37. The molecule has 0 spiro atoms. The minimum absolute atomic E-state index is 0.0965. The van der Waals surface area contributed by atoms with Gasteiger partial charge in [-0.1, -0.05) is 36.4 Å². The van der Waals surface area contributed by atoms with E-state index in [2.05, 4.69) is 4.72 Å². The molecule has 2 heterocycles. The van der Waals surface area contributed by atoms with Crippen molar-refractivity contribution in [3.8, 4) is 11.5 Å². The summed E-state index contributed by atoms with van der Waals surface area (Å²) in [6.45, 7) is 0.892. The summed E-state index contributed by atoms with van der Waals surface area (Å²) in [6.07, 6.45) is 1.08. The second-order valence-electron chi connectivity index (χ2n) is 8.69. The van der Waals surface area contributed by atoms with Gasteiger partial charge in [-0.15, -0.1) is 0 Å². The first kappa shape index (κ1) is 23.8. The molecule has 1 amide bonds. The molecule has 0 aromatic heterocycles. The number of sulfonamides is 1. The maximum atomic E-state index is 13.8. The van der Waals surface area contributed by atoms with Gasteiger partial charge in [0.2, 0.25) is 10.0 Å². The number of carboxylic acids is 1. The fourth-order valence-electron chi connectivity index (χ4n) is 4.66. The van der Waals surface area contributed by atoms with Crippen LogP contribution in [0.1, 0.15) is 39.0 Å². The highest BCUT2D eigenvalue weighted by Gasteiger charge is 2.45. The molecule has 2 aliphatic heterocycles. The van der Waals surface area contributed by atoms with Gasteiger partial charge in [-0.3, -0.25) is 14.5 Å². The Hall–Kier alpha value is -3.89. The van der Waals surface area contributed by atoms with Crippen LogP contribution in [0.5, 0.6) is 11.5 Å². The number of nitrogens with zero attached hydrogens (tertiary/aromatic N) is 1. The number of carboxylic acid groups (broad SMARTS) is 1. The van der Waals surface area contributed by atoms with E-state index in [4.69, 9.17) is 9.47 Å². The van der Waals surface area contributed by atoms with E-state index < -0.39 is 28.0 Å². The summed E-state index contributed by atoms with van der Waals surface area (Å²) in [5.74, 6) is -1.36. The van der Waals surface area contributed by atoms with Crippen LogP contribution in [-0.2, 0) is 21.4 Å². The molecule has 0 aliphatic carbocycles. The van der Waals surface area contributed by atoms with Crippen LogP contribution in [0.25, 0.3) is 0 Å². The van der Waals surface area contributed by atoms with Gasteiger partial charge in [-0.2, -0.15) is 0 Å². The van der Waals surface area contributed by atoms with Gasteiger partial charge in [0, 0.05) is 17.8 Å². The van der Waals surface area contributed by atoms with Crippen molar-refractivity contribution >= 4 is 27.6 Å². The number of rotatable bonds is 6. The normalized spacial score (nSPS) is 19.0. The Labute approximate surface area is 208 Å². The fourth-order valence-corrected chi connectivity index (χ4v) is 5.09. The van der Waals surface area contributed by atoms with Gasteiger partial charge in [0.1, 0.15) is 19.1 Å². The number of fused-ring (bicyclic) bond motifs is 2. The molecule has 2 N–H and O–H groups in total. The standard InChI is InChI=1S/C26H24N2O7S/c1-36(32,33)27-15-16-6-9-18(10-7-16)28-24(17-8-11-21-22(14-17)35-13-12-34-21)23(26(30)31)19-4-2-3-5-20(19)25(28)29/h2-11,14,23-24,27H,12-13,15H2,1H3,(H,30,31)/t23-,24+/m1/s1. The Balaban J connectivity index is 1.62. The molecule has 36 heavy (non-hydrogen) atoms. The highest BCUT2D eigenvalue weighted by Crippen LogP contribution is 2.46. The molecule has 186 valence electrons. The Morgan fingerprint density at radius 1 is 1.03 bits per heavy atom. The molecule has 3 aromatic carbocycles. The second kappa shape index (κ2) is 9.29. The van der Waals surface area contributed by atoms with Gasteiger partial charge in [0.25, 0.3) is 5.91 Å². The van der Waals surface area contributed by atoms with Gasteiger partial charge >= 0.3 is 5.97 Å². The Morgan fingerprint density at radius 3 is 2.42 bits per heavy atom. The number of carbonyl (C=O) groups excluding carboxylic acids is 1. The van der Waals surface area contributed by atoms with E-state index in [0.29, 0.717) is 52.7 Å². The van der Waals surface area contributed by atoms with Crippen LogP contribution in [0.2, 0.25) is 0 Å². The zero-order valence-corrected chi connectivity index (χ0v) is 20.2. The largest absolute Gasteiger partial charge is 0.486 e. The van der Waals surface area contributed by atoms with E-state index in [1.807, 2.05) is 0 Å². The SMILES string of the molecule is CS(=O)(=O)NCc1ccc(N2C(=O)c3ccccc3[C@@H](C(=O)O)[C@@H]2c2ccc3c(c2)OCCO3)cc1. The predicted octanol–water partition coefficient (Wildman–Crippen LogP) is 3.08. The molecule has 10 heteroatoms. The summed E-state index contributed by atoms with van der Waals surface area (Å²) >= 11 is 0. The number of nitrogens with one attached hydrogen (secondary N) is 1. The van der Waals surface area contributed by atoms with E-state index in [1.165, 1.54) is 4.90 Å². The molecule has 0 fully saturated rings. The van der Waals surface area contributed by atoms with Crippen LogP contribution < -0.4 is 19.1 Å². The summed E-state index contributed by atoms with van der Waals surface area (Å²) in [7, 11) is -3.37. The van der Waals surface area contributed by atoms with Gasteiger partial charge in [0.05, 0.1) is 12.3 Å². The van der Waals surface area contributed by atoms with Crippen molar-refractivity contribution in [3.63, 3.8) is 0 Å². The average Bonchev–Trinajstić information content (AvgIpc) is 2.87. The van der Waals surface area contributed by atoms with Crippen molar-refractivity contribution in [1.82, 2.24) is 4.72 Å². The molecule has 9 nitrogen and oxygen atoms in total. The minimum Gasteiger partial charge on any atom is -0.486 e. The Bertz CT molecular complexity index is 1440. The molecule has 3 aromatic rings. The lowest BCUT2D eigenvalue weighted by Crippen LogP contribution is -2.45. The van der Waals surface area contributed by atoms with Gasteiger partial charge in [-0.05, 0) is 47.0 Å². The monoisotopic (exact) mass is 508 g/mol. The molecular weight excluding hydrogens is 484 g/mol. The van der Waals surface area contributed by atoms with Crippen LogP contribution in [0.3, 0.4) is 0 Å². The molecule has 2 aliphatic rings. The molecule has 0 bridgehead atoms. The summed E-state index contributed by atoms with van der Waals surface area (Å²) in [4.78, 5) is 27.9. The number of amides is 1. The van der Waals surface area contributed by atoms with Crippen molar-refractivity contribution < 1.29 is 32.6 Å². The number of carbonyl (C=O) groups is 2. The zero-order chi connectivity index (χ0) is 25.4. The number of aliphatic carboxylic acids is 1. The lowest BCUT2D eigenvalue weighted by molar-refractivity contribution is -0.139. The third kappa shape index (κ3) is 4.52. The number of hydrogen-bond donors (Lipinski definition) is 2. The molecule has 2 atom stereocenters. The Morgan fingerprint density at radius 2 is 1.72 bits per heavy atom. The van der Waals surface area contributed by atoms with Crippen molar-refractivity contribution in [2.45, 2.75) is 18.5 Å². The average molecular weight is 509 g/mol. The van der Waals surface area contributed by atoms with Gasteiger partial charge in [-0.25, -0.2) is 13.1 Å². The third-order valence-corrected chi connectivity index (χ3v) is 6.93. The maximum absolute atomic E-state index is 13.8. The highest BCUT2D eigenvalue weighted by atomic mass is 32.2. The van der Waals surface area contributed by atoms with Crippen LogP contribution in [0.15, 0.2) is 66.7 Å². The molecular formula is C26H24N2O7S. The highest BCUT2D eigenvalue weighted by molar-refractivity contribution is 7.88. The van der Waals surface area contributed by atoms with E-state index >= 15 is 0 Å². The number of anilines is 1. The fraction of sp³-hybridized carbons (Fsp3) is 0.231. The third-order valence-electron chi connectivity index (χ3n) is 6.27. The first-order valence-corrected chi connectivity index (χ1v) is 13.2. The summed E-state index contributed by atoms with van der Waals surface area (Å²) in [6, 6.07) is 17.9. The first-order valence-electron chi connectivity index (χ1n) is 11.3. The van der Waals surface area contributed by atoms with Crippen molar-refractivity contribution in [3.05, 3.63) is 89.0 Å². The van der Waals surface area contributed by atoms with E-state index in [0.717, 1.165) is 6.26 Å². The van der Waals surface area contributed by atoms with Gasteiger partial charge < -0.3 is 14.6 Å². The number of hydrogen-bond acceptors (Lipinski definition) is 6. The quantitative estimate of drug-likeness (QED) is 0.525. The van der Waals surface area contributed by atoms with Crippen LogP contribution in [-0.4, -0.2) is 44.9 Å². The molecule has 0 saturated carbocycles. The van der Waals surface area contributed by atoms with E-state index in [1.54, 1.807) is 66.7 Å². The first-order chi connectivity index (χ1) is 17.2. The molecule has 0 saturated heterocycles. The zero-order valence-electron chi connectivity index (χ0n) is 19.4. The van der Waals surface area contributed by atoms with Crippen molar-refractivity contribution in [2.24, 2.45) is 0 Å².